The molecule has 158 valence electrons. The minimum absolute atomic E-state index is 0.0372. The quantitative estimate of drug-likeness (QED) is 0.457. The van der Waals surface area contributed by atoms with Crippen LogP contribution in [0.25, 0.3) is 16.6 Å². The fraction of sp³-hybridized carbons (Fsp3) is 0.174. The molecular weight excluding hydrogens is 416 g/mol. The van der Waals surface area contributed by atoms with E-state index in [0.717, 1.165) is 22.3 Å². The van der Waals surface area contributed by atoms with Crippen LogP contribution in [0.3, 0.4) is 0 Å². The molecule has 0 unspecified atom stereocenters. The number of nitrogens with zero attached hydrogens (tertiary/aromatic N) is 3. The van der Waals surface area contributed by atoms with E-state index in [2.05, 4.69) is 10.4 Å². The van der Waals surface area contributed by atoms with Crippen LogP contribution in [-0.4, -0.2) is 32.8 Å². The molecule has 2 aromatic heterocycles. The van der Waals surface area contributed by atoms with Crippen LogP contribution in [0.1, 0.15) is 11.4 Å². The van der Waals surface area contributed by atoms with Gasteiger partial charge in [0.2, 0.25) is 0 Å². The number of fused-ring (bicyclic) bond motifs is 1. The van der Waals surface area contributed by atoms with Crippen LogP contribution >= 0.6 is 11.6 Å². The van der Waals surface area contributed by atoms with E-state index in [1.165, 1.54) is 0 Å². The van der Waals surface area contributed by atoms with Crippen molar-refractivity contribution >= 4 is 40.1 Å². The maximum Gasteiger partial charge on any atom is 0.326 e. The predicted octanol–water partition coefficient (Wildman–Crippen LogP) is 4.28. The van der Waals surface area contributed by atoms with Crippen molar-refractivity contribution in [2.45, 2.75) is 20.4 Å². The number of para-hydroxylation sites is 2. The molecule has 2 heterocycles. The molecule has 1 amide bonds. The summed E-state index contributed by atoms with van der Waals surface area (Å²) in [6.07, 6.45) is 1.77. The number of rotatable bonds is 6. The summed E-state index contributed by atoms with van der Waals surface area (Å²) in [7, 11) is 0. The summed E-state index contributed by atoms with van der Waals surface area (Å²) in [4.78, 5) is 24.6. The Hall–Kier alpha value is -3.58. The van der Waals surface area contributed by atoms with Crippen molar-refractivity contribution in [1.29, 1.82) is 0 Å². The molecule has 0 aliphatic carbocycles. The molecule has 31 heavy (non-hydrogen) atoms. The Balaban J connectivity index is 1.38. The van der Waals surface area contributed by atoms with Gasteiger partial charge in [0.1, 0.15) is 6.54 Å². The maximum atomic E-state index is 12.4. The minimum Gasteiger partial charge on any atom is -0.454 e. The van der Waals surface area contributed by atoms with Gasteiger partial charge in [-0.1, -0.05) is 41.9 Å². The van der Waals surface area contributed by atoms with E-state index in [1.54, 1.807) is 21.5 Å². The van der Waals surface area contributed by atoms with E-state index in [1.807, 2.05) is 62.4 Å². The van der Waals surface area contributed by atoms with Crippen LogP contribution in [0.4, 0.5) is 5.69 Å². The zero-order valence-corrected chi connectivity index (χ0v) is 17.9. The van der Waals surface area contributed by atoms with Crippen LogP contribution in [-0.2, 0) is 20.9 Å². The van der Waals surface area contributed by atoms with Gasteiger partial charge >= 0.3 is 5.97 Å². The highest BCUT2D eigenvalue weighted by atomic mass is 35.5. The molecule has 0 aliphatic heterocycles. The first-order valence-electron chi connectivity index (χ1n) is 9.74. The zero-order valence-electron chi connectivity index (χ0n) is 17.1. The van der Waals surface area contributed by atoms with Crippen molar-refractivity contribution in [3.63, 3.8) is 0 Å². The van der Waals surface area contributed by atoms with Crippen molar-refractivity contribution in [1.82, 2.24) is 14.3 Å². The van der Waals surface area contributed by atoms with Gasteiger partial charge in [0.15, 0.2) is 6.61 Å². The number of halogens is 1. The number of carbonyl (C=O) groups excluding carboxylic acids is 2. The number of aryl methyl sites for hydroxylation is 1. The smallest absolute Gasteiger partial charge is 0.326 e. The SMILES string of the molecule is Cc1nn(-c2ccccc2)c(C)c1NC(=O)COC(=O)Cn1ccc2cccc(Cl)c21. The van der Waals surface area contributed by atoms with Crippen molar-refractivity contribution in [3.8, 4) is 5.69 Å². The number of amides is 1. The van der Waals surface area contributed by atoms with Crippen molar-refractivity contribution in [3.05, 3.63) is 77.2 Å². The van der Waals surface area contributed by atoms with Crippen molar-refractivity contribution in [2.24, 2.45) is 0 Å². The lowest BCUT2D eigenvalue weighted by molar-refractivity contribution is -0.147. The third-order valence-corrected chi connectivity index (χ3v) is 5.26. The molecule has 0 saturated carbocycles. The minimum atomic E-state index is -0.527. The van der Waals surface area contributed by atoms with E-state index >= 15 is 0 Å². The first kappa shape index (κ1) is 20.7. The third-order valence-electron chi connectivity index (χ3n) is 4.96. The van der Waals surface area contributed by atoms with Crippen molar-refractivity contribution in [2.75, 3.05) is 11.9 Å². The van der Waals surface area contributed by atoms with Gasteiger partial charge in [-0.3, -0.25) is 9.59 Å². The molecule has 0 bridgehead atoms. The maximum absolute atomic E-state index is 12.4. The Labute approximate surface area is 184 Å². The highest BCUT2D eigenvalue weighted by Crippen LogP contribution is 2.25. The van der Waals surface area contributed by atoms with Gasteiger partial charge in [0, 0.05) is 11.6 Å². The summed E-state index contributed by atoms with van der Waals surface area (Å²) in [5.41, 5.74) is 3.72. The Bertz CT molecular complexity index is 1260. The molecule has 0 radical (unpaired) electrons. The van der Waals surface area contributed by atoms with E-state index in [-0.39, 0.29) is 13.2 Å². The van der Waals surface area contributed by atoms with Gasteiger partial charge in [0.05, 0.1) is 33.3 Å². The topological polar surface area (TPSA) is 78.2 Å². The number of benzene rings is 2. The van der Waals surface area contributed by atoms with E-state index < -0.39 is 11.9 Å². The Morgan fingerprint density at radius 3 is 2.61 bits per heavy atom. The summed E-state index contributed by atoms with van der Waals surface area (Å²) in [5.74, 6) is -0.955. The number of nitrogens with one attached hydrogen (secondary N) is 1. The molecule has 0 saturated heterocycles. The highest BCUT2D eigenvalue weighted by Gasteiger charge is 2.17. The predicted molar refractivity (Wildman–Crippen MR) is 120 cm³/mol. The molecule has 4 rings (SSSR count). The van der Waals surface area contributed by atoms with Crippen molar-refractivity contribution < 1.29 is 14.3 Å². The van der Waals surface area contributed by atoms with Gasteiger partial charge in [0.25, 0.3) is 5.91 Å². The fourth-order valence-electron chi connectivity index (χ4n) is 3.50. The first-order valence-corrected chi connectivity index (χ1v) is 10.1. The molecule has 0 aliphatic rings. The normalized spacial score (nSPS) is 10.9. The molecular formula is C23H21ClN4O3. The lowest BCUT2D eigenvalue weighted by Crippen LogP contribution is -2.23. The molecule has 0 fully saturated rings. The van der Waals surface area contributed by atoms with Gasteiger partial charge in [-0.05, 0) is 38.1 Å². The summed E-state index contributed by atoms with van der Waals surface area (Å²) < 4.78 is 8.63. The molecule has 4 aromatic rings. The number of carbonyl (C=O) groups is 2. The standard InChI is InChI=1S/C23H21ClN4O3/c1-15-22(16(2)28(26-15)18-8-4-3-5-9-18)25-20(29)14-31-21(30)13-27-12-11-17-7-6-10-19(24)23(17)27/h3-12H,13-14H2,1-2H3,(H,25,29). The first-order chi connectivity index (χ1) is 14.9. The molecule has 2 aromatic carbocycles. The van der Waals surface area contributed by atoms with Crippen LogP contribution in [0, 0.1) is 13.8 Å². The average Bonchev–Trinajstić information content (AvgIpc) is 3.30. The summed E-state index contributed by atoms with van der Waals surface area (Å²) in [6.45, 7) is 3.26. The van der Waals surface area contributed by atoms with Crippen LogP contribution in [0.2, 0.25) is 5.02 Å². The van der Waals surface area contributed by atoms with E-state index in [0.29, 0.717) is 16.4 Å². The average molecular weight is 437 g/mol. The number of hydrogen-bond acceptors (Lipinski definition) is 4. The summed E-state index contributed by atoms with van der Waals surface area (Å²) >= 11 is 6.24. The fourth-order valence-corrected chi connectivity index (χ4v) is 3.79. The van der Waals surface area contributed by atoms with Crippen LogP contribution in [0.15, 0.2) is 60.8 Å². The summed E-state index contributed by atoms with van der Waals surface area (Å²) in [6, 6.07) is 17.0. The highest BCUT2D eigenvalue weighted by molar-refractivity contribution is 6.35. The van der Waals surface area contributed by atoms with Gasteiger partial charge in [-0.25, -0.2) is 4.68 Å². The van der Waals surface area contributed by atoms with Gasteiger partial charge in [-0.15, -0.1) is 0 Å². The second-order valence-electron chi connectivity index (χ2n) is 7.12. The largest absolute Gasteiger partial charge is 0.454 e. The van der Waals surface area contributed by atoms with E-state index in [9.17, 15) is 9.59 Å². The van der Waals surface area contributed by atoms with Crippen LogP contribution in [0.5, 0.6) is 0 Å². The number of anilines is 1. The zero-order chi connectivity index (χ0) is 22.0. The van der Waals surface area contributed by atoms with Gasteiger partial charge < -0.3 is 14.6 Å². The molecule has 7 nitrogen and oxygen atoms in total. The molecule has 0 atom stereocenters. The Kier molecular flexibility index (Phi) is 5.77. The Morgan fingerprint density at radius 2 is 1.84 bits per heavy atom. The Morgan fingerprint density at radius 1 is 1.06 bits per heavy atom. The van der Waals surface area contributed by atoms with E-state index in [4.69, 9.17) is 16.3 Å². The second kappa shape index (κ2) is 8.65. The lowest BCUT2D eigenvalue weighted by Gasteiger charge is -2.09. The van der Waals surface area contributed by atoms with Gasteiger partial charge in [-0.2, -0.15) is 5.10 Å². The number of ether oxygens (including phenoxy) is 1. The number of aromatic nitrogens is 3. The monoisotopic (exact) mass is 436 g/mol. The number of hydrogen-bond donors (Lipinski definition) is 1. The molecule has 0 spiro atoms. The third kappa shape index (κ3) is 4.32. The molecule has 1 N–H and O–H groups in total. The summed E-state index contributed by atoms with van der Waals surface area (Å²) in [5, 5.41) is 8.77. The number of esters is 1. The molecule has 8 heteroatoms. The van der Waals surface area contributed by atoms with Crippen LogP contribution < -0.4 is 5.32 Å². The second-order valence-corrected chi connectivity index (χ2v) is 7.53. The lowest BCUT2D eigenvalue weighted by atomic mass is 10.2.